The molecule has 0 amide bonds. The largest absolute Gasteiger partial charge is 0.384 e. The number of methoxy groups -OCH3 is 1. The molecule has 4 heteroatoms. The molecule has 4 nitrogen and oxygen atoms in total. The molecule has 1 aromatic heterocycles. The summed E-state index contributed by atoms with van der Waals surface area (Å²) in [7, 11) is 1.59. The fourth-order valence-corrected chi connectivity index (χ4v) is 1.02. The lowest BCUT2D eigenvalue weighted by molar-refractivity contribution is 0.0932. The number of Topliss-reactive ketones (excluding diaryl/α,β-unsaturated/α-hetero) is 1. The van der Waals surface area contributed by atoms with E-state index in [9.17, 15) is 4.79 Å². The number of aryl methyl sites for hydroxylation is 1. The van der Waals surface area contributed by atoms with Gasteiger partial charge in [0.1, 0.15) is 0 Å². The lowest BCUT2D eigenvalue weighted by Gasteiger charge is -1.95. The molecule has 0 bridgehead atoms. The van der Waals surface area contributed by atoms with E-state index in [2.05, 4.69) is 5.10 Å². The van der Waals surface area contributed by atoms with E-state index >= 15 is 0 Å². The summed E-state index contributed by atoms with van der Waals surface area (Å²) in [4.78, 5) is 11.4. The molecule has 0 fully saturated rings. The number of hydrogen-bond donors (Lipinski definition) is 0. The third-order valence-electron chi connectivity index (χ3n) is 1.81. The Morgan fingerprint density at radius 1 is 1.69 bits per heavy atom. The van der Waals surface area contributed by atoms with Gasteiger partial charge in [-0.05, 0) is 6.92 Å². The lowest BCUT2D eigenvalue weighted by Crippen LogP contribution is -2.02. The molecule has 0 radical (unpaired) electrons. The lowest BCUT2D eigenvalue weighted by atomic mass is 10.2. The molecule has 1 rings (SSSR count). The zero-order chi connectivity index (χ0) is 9.68. The van der Waals surface area contributed by atoms with Crippen molar-refractivity contribution >= 4 is 5.78 Å². The minimum atomic E-state index is 0.0848. The topological polar surface area (TPSA) is 44.1 Å². The fourth-order valence-electron chi connectivity index (χ4n) is 1.02. The zero-order valence-corrected chi connectivity index (χ0v) is 7.99. The molecule has 0 atom stereocenters. The first kappa shape index (κ1) is 9.92. The van der Waals surface area contributed by atoms with Crippen LogP contribution in [0.15, 0.2) is 12.4 Å². The first-order valence-corrected chi connectivity index (χ1v) is 4.32. The van der Waals surface area contributed by atoms with Gasteiger partial charge in [-0.1, -0.05) is 0 Å². The van der Waals surface area contributed by atoms with E-state index in [4.69, 9.17) is 4.74 Å². The van der Waals surface area contributed by atoms with Crippen LogP contribution < -0.4 is 0 Å². The molecular formula is C9H14N2O2. The van der Waals surface area contributed by atoms with Crippen molar-refractivity contribution in [3.05, 3.63) is 18.0 Å². The number of nitrogens with zero attached hydrogens (tertiary/aromatic N) is 2. The number of hydrogen-bond acceptors (Lipinski definition) is 3. The summed E-state index contributed by atoms with van der Waals surface area (Å²) in [5.41, 5.74) is 0.666. The van der Waals surface area contributed by atoms with Gasteiger partial charge in [0.25, 0.3) is 0 Å². The highest BCUT2D eigenvalue weighted by Crippen LogP contribution is 2.02. The summed E-state index contributed by atoms with van der Waals surface area (Å²) in [6.45, 7) is 3.24. The predicted molar refractivity (Wildman–Crippen MR) is 48.7 cm³/mol. The molecule has 0 saturated carbocycles. The molecular weight excluding hydrogens is 168 g/mol. The maximum Gasteiger partial charge on any atom is 0.168 e. The molecule has 0 aliphatic rings. The van der Waals surface area contributed by atoms with Crippen molar-refractivity contribution in [2.24, 2.45) is 0 Å². The predicted octanol–water partition coefficient (Wildman–Crippen LogP) is 1.12. The second kappa shape index (κ2) is 4.77. The Bertz CT molecular complexity index is 281. The van der Waals surface area contributed by atoms with E-state index in [-0.39, 0.29) is 5.78 Å². The Morgan fingerprint density at radius 3 is 3.00 bits per heavy atom. The van der Waals surface area contributed by atoms with E-state index < -0.39 is 0 Å². The summed E-state index contributed by atoms with van der Waals surface area (Å²) in [5, 5.41) is 4.02. The van der Waals surface area contributed by atoms with Crippen molar-refractivity contribution in [1.29, 1.82) is 0 Å². The maximum absolute atomic E-state index is 11.4. The van der Waals surface area contributed by atoms with Gasteiger partial charge in [-0.2, -0.15) is 5.10 Å². The van der Waals surface area contributed by atoms with Gasteiger partial charge >= 0.3 is 0 Å². The van der Waals surface area contributed by atoms with Crippen molar-refractivity contribution in [2.45, 2.75) is 19.9 Å². The highest BCUT2D eigenvalue weighted by molar-refractivity contribution is 5.95. The highest BCUT2D eigenvalue weighted by Gasteiger charge is 2.07. The van der Waals surface area contributed by atoms with Gasteiger partial charge in [0, 0.05) is 26.3 Å². The Labute approximate surface area is 77.5 Å². The average molecular weight is 182 g/mol. The fraction of sp³-hybridized carbons (Fsp3) is 0.556. The quantitative estimate of drug-likeness (QED) is 0.641. The van der Waals surface area contributed by atoms with Crippen molar-refractivity contribution in [1.82, 2.24) is 9.78 Å². The number of carbonyl (C=O) groups excluding carboxylic acids is 1. The van der Waals surface area contributed by atoms with Crippen molar-refractivity contribution in [2.75, 3.05) is 13.7 Å². The molecule has 0 N–H and O–H groups in total. The highest BCUT2D eigenvalue weighted by atomic mass is 16.5. The smallest absolute Gasteiger partial charge is 0.168 e. The monoisotopic (exact) mass is 182 g/mol. The first-order chi connectivity index (χ1) is 6.27. The number of aromatic nitrogens is 2. The molecule has 1 aromatic rings. The van der Waals surface area contributed by atoms with Crippen molar-refractivity contribution in [3.8, 4) is 0 Å². The van der Waals surface area contributed by atoms with Crippen LogP contribution in [0.4, 0.5) is 0 Å². The van der Waals surface area contributed by atoms with Gasteiger partial charge in [0.2, 0.25) is 0 Å². The summed E-state index contributed by atoms with van der Waals surface area (Å²) >= 11 is 0. The normalized spacial score (nSPS) is 10.3. The Morgan fingerprint density at radius 2 is 2.46 bits per heavy atom. The molecule has 0 aliphatic carbocycles. The van der Waals surface area contributed by atoms with E-state index in [0.717, 1.165) is 6.54 Å². The minimum Gasteiger partial charge on any atom is -0.384 e. The second-order valence-corrected chi connectivity index (χ2v) is 2.75. The molecule has 0 saturated heterocycles. The van der Waals surface area contributed by atoms with E-state index in [1.165, 1.54) is 0 Å². The number of ether oxygens (including phenoxy) is 1. The van der Waals surface area contributed by atoms with Gasteiger partial charge in [0.15, 0.2) is 5.78 Å². The van der Waals surface area contributed by atoms with Crippen LogP contribution in [0.2, 0.25) is 0 Å². The number of rotatable bonds is 5. The third kappa shape index (κ3) is 2.66. The average Bonchev–Trinajstić information content (AvgIpc) is 2.62. The van der Waals surface area contributed by atoms with Crippen molar-refractivity contribution < 1.29 is 9.53 Å². The van der Waals surface area contributed by atoms with Gasteiger partial charge in [-0.25, -0.2) is 0 Å². The van der Waals surface area contributed by atoms with Crippen LogP contribution in [-0.4, -0.2) is 29.3 Å². The first-order valence-electron chi connectivity index (χ1n) is 4.32. The molecule has 72 valence electrons. The minimum absolute atomic E-state index is 0.0848. The van der Waals surface area contributed by atoms with Gasteiger partial charge in [0.05, 0.1) is 18.4 Å². The van der Waals surface area contributed by atoms with Crippen LogP contribution in [0.3, 0.4) is 0 Å². The van der Waals surface area contributed by atoms with Crippen LogP contribution in [0.1, 0.15) is 23.7 Å². The van der Waals surface area contributed by atoms with Gasteiger partial charge in [-0.15, -0.1) is 0 Å². The number of ketones is 1. The van der Waals surface area contributed by atoms with Crippen LogP contribution in [0.25, 0.3) is 0 Å². The molecule has 1 heterocycles. The van der Waals surface area contributed by atoms with Gasteiger partial charge < -0.3 is 4.74 Å². The summed E-state index contributed by atoms with van der Waals surface area (Å²) in [6.07, 6.45) is 3.78. The molecule has 0 aromatic carbocycles. The Kier molecular flexibility index (Phi) is 3.64. The van der Waals surface area contributed by atoms with Crippen LogP contribution in [0, 0.1) is 0 Å². The Balaban J connectivity index is 2.55. The number of carbonyl (C=O) groups is 1. The summed E-state index contributed by atoms with van der Waals surface area (Å²) in [5.74, 6) is 0.0848. The van der Waals surface area contributed by atoms with Crippen LogP contribution in [-0.2, 0) is 11.3 Å². The summed E-state index contributed by atoms with van der Waals surface area (Å²) < 4.78 is 6.56. The van der Waals surface area contributed by atoms with Crippen LogP contribution in [0.5, 0.6) is 0 Å². The molecule has 0 aliphatic heterocycles. The van der Waals surface area contributed by atoms with Crippen molar-refractivity contribution in [3.63, 3.8) is 0 Å². The standard InChI is InChI=1S/C9H14N2O2/c1-3-11-7-8(6-10-11)9(12)4-5-13-2/h6-7H,3-5H2,1-2H3. The van der Waals surface area contributed by atoms with E-state index in [1.54, 1.807) is 24.2 Å². The summed E-state index contributed by atoms with van der Waals surface area (Å²) in [6, 6.07) is 0. The molecule has 0 unspecified atom stereocenters. The van der Waals surface area contributed by atoms with E-state index in [0.29, 0.717) is 18.6 Å². The Hall–Kier alpha value is -1.16. The zero-order valence-electron chi connectivity index (χ0n) is 7.99. The molecule has 13 heavy (non-hydrogen) atoms. The van der Waals surface area contributed by atoms with Gasteiger partial charge in [-0.3, -0.25) is 9.48 Å². The molecule has 0 spiro atoms. The third-order valence-corrected chi connectivity index (χ3v) is 1.81. The maximum atomic E-state index is 11.4. The second-order valence-electron chi connectivity index (χ2n) is 2.75. The van der Waals surface area contributed by atoms with E-state index in [1.807, 2.05) is 6.92 Å². The SMILES string of the molecule is CCn1cc(C(=O)CCOC)cn1. The van der Waals surface area contributed by atoms with Crippen LogP contribution >= 0.6 is 0 Å².